The van der Waals surface area contributed by atoms with Crippen LogP contribution in [0.25, 0.3) is 11.0 Å². The number of fused-ring (bicyclic) bond motifs is 1. The Morgan fingerprint density at radius 1 is 1.04 bits per heavy atom. The lowest BCUT2D eigenvalue weighted by Gasteiger charge is -2.37. The van der Waals surface area contributed by atoms with E-state index < -0.39 is 24.7 Å². The molecule has 1 saturated heterocycles. The molecule has 2 aliphatic carbocycles. The van der Waals surface area contributed by atoms with Crippen molar-refractivity contribution >= 4 is 34.4 Å². The summed E-state index contributed by atoms with van der Waals surface area (Å²) in [4.78, 5) is 42.3. The lowest BCUT2D eigenvalue weighted by molar-refractivity contribution is -0.142. The number of nitrogens with one attached hydrogen (secondary N) is 1. The fourth-order valence-corrected chi connectivity index (χ4v) is 7.57. The monoisotopic (exact) mass is 629 g/mol. The maximum atomic E-state index is 14.1. The molecule has 11 heteroatoms. The third-order valence-electron chi connectivity index (χ3n) is 10.4. The summed E-state index contributed by atoms with van der Waals surface area (Å²) in [6.07, 6.45) is 7.38. The molecule has 45 heavy (non-hydrogen) atoms. The van der Waals surface area contributed by atoms with Gasteiger partial charge in [0.2, 0.25) is 17.6 Å². The molecule has 3 fully saturated rings. The van der Waals surface area contributed by atoms with Crippen LogP contribution in [0.4, 0.5) is 10.1 Å². The first-order chi connectivity index (χ1) is 21.7. The third kappa shape index (κ3) is 7.69. The molecular formula is C34H48FN3O7. The van der Waals surface area contributed by atoms with Crippen LogP contribution >= 0.6 is 0 Å². The van der Waals surface area contributed by atoms with Crippen molar-refractivity contribution in [2.24, 2.45) is 29.4 Å². The molecule has 3 aliphatic rings. The summed E-state index contributed by atoms with van der Waals surface area (Å²) in [7, 11) is 3.29. The predicted octanol–water partition coefficient (Wildman–Crippen LogP) is 5.09. The van der Waals surface area contributed by atoms with Crippen LogP contribution in [0.5, 0.6) is 0 Å². The van der Waals surface area contributed by atoms with Crippen LogP contribution in [0.3, 0.4) is 0 Å². The lowest BCUT2D eigenvalue weighted by Crippen LogP contribution is -2.50. The van der Waals surface area contributed by atoms with Crippen molar-refractivity contribution in [3.05, 3.63) is 30.0 Å². The number of nitrogens with two attached hydrogens (primary N) is 1. The average molecular weight is 630 g/mol. The minimum atomic E-state index is -0.590. The molecule has 0 radical (unpaired) electrons. The van der Waals surface area contributed by atoms with Gasteiger partial charge >= 0.3 is 5.97 Å². The Bertz CT molecular complexity index is 1320. The van der Waals surface area contributed by atoms with Crippen LogP contribution < -0.4 is 11.1 Å². The lowest BCUT2D eigenvalue weighted by atomic mass is 9.75. The quantitative estimate of drug-likeness (QED) is 0.329. The van der Waals surface area contributed by atoms with Crippen LogP contribution in [0.2, 0.25) is 0 Å². The minimum Gasteiger partial charge on any atom is -0.457 e. The molecule has 0 spiro atoms. The molecule has 1 aliphatic heterocycles. The van der Waals surface area contributed by atoms with Gasteiger partial charge in [-0.2, -0.15) is 0 Å². The fraction of sp³-hybridized carbons (Fsp3) is 0.676. The van der Waals surface area contributed by atoms with E-state index in [9.17, 15) is 18.8 Å². The molecule has 248 valence electrons. The van der Waals surface area contributed by atoms with Gasteiger partial charge in [0.05, 0.1) is 12.2 Å². The van der Waals surface area contributed by atoms with Crippen LogP contribution in [0.1, 0.15) is 75.3 Å². The van der Waals surface area contributed by atoms with Crippen LogP contribution in [0.15, 0.2) is 28.7 Å². The first-order valence-electron chi connectivity index (χ1n) is 16.4. The summed E-state index contributed by atoms with van der Waals surface area (Å²) in [5.74, 6) is -0.416. The number of rotatable bonds is 11. The van der Waals surface area contributed by atoms with Gasteiger partial charge < -0.3 is 34.6 Å². The summed E-state index contributed by atoms with van der Waals surface area (Å²) in [5, 5.41) is 3.73. The van der Waals surface area contributed by atoms with Gasteiger partial charge in [-0.05, 0) is 107 Å². The first kappa shape index (κ1) is 33.3. The summed E-state index contributed by atoms with van der Waals surface area (Å²) >= 11 is 0. The highest BCUT2D eigenvalue weighted by molar-refractivity contribution is 6.00. The molecule has 2 saturated carbocycles. The van der Waals surface area contributed by atoms with Gasteiger partial charge in [0, 0.05) is 43.8 Å². The Balaban J connectivity index is 1.31. The number of furan rings is 1. The summed E-state index contributed by atoms with van der Waals surface area (Å²) in [5.41, 5.74) is 7.01. The number of amides is 2. The van der Waals surface area contributed by atoms with Crippen LogP contribution in [0, 0.1) is 23.7 Å². The van der Waals surface area contributed by atoms with Crippen molar-refractivity contribution in [2.75, 3.05) is 39.4 Å². The van der Waals surface area contributed by atoms with Gasteiger partial charge in [-0.3, -0.25) is 9.59 Å². The number of alkyl halides is 1. The van der Waals surface area contributed by atoms with Crippen molar-refractivity contribution in [3.8, 4) is 0 Å². The number of esters is 1. The highest BCUT2D eigenvalue weighted by Crippen LogP contribution is 2.42. The molecule has 10 nitrogen and oxygen atoms in total. The third-order valence-corrected chi connectivity index (χ3v) is 10.4. The van der Waals surface area contributed by atoms with Crippen molar-refractivity contribution in [3.63, 3.8) is 0 Å². The Morgan fingerprint density at radius 2 is 1.78 bits per heavy atom. The number of hydrogen-bond donors (Lipinski definition) is 2. The van der Waals surface area contributed by atoms with Gasteiger partial charge in [-0.25, -0.2) is 9.18 Å². The number of halogens is 1. The normalized spacial score (nSPS) is 28.5. The van der Waals surface area contributed by atoms with Gasteiger partial charge in [-0.15, -0.1) is 0 Å². The number of carbonyl (C=O) groups is 3. The van der Waals surface area contributed by atoms with Crippen LogP contribution in [-0.4, -0.2) is 81.0 Å². The van der Waals surface area contributed by atoms with Gasteiger partial charge in [-0.1, -0.05) is 0 Å². The molecule has 1 aromatic heterocycles. The van der Waals surface area contributed by atoms with E-state index >= 15 is 0 Å². The van der Waals surface area contributed by atoms with Crippen molar-refractivity contribution in [1.29, 1.82) is 0 Å². The summed E-state index contributed by atoms with van der Waals surface area (Å²) in [6, 6.07) is 5.74. The number of ether oxygens (including phenoxy) is 3. The number of likely N-dealkylation sites (tertiary alicyclic amines) is 1. The summed E-state index contributed by atoms with van der Waals surface area (Å²) < 4.78 is 34.8. The predicted molar refractivity (Wildman–Crippen MR) is 167 cm³/mol. The van der Waals surface area contributed by atoms with Crippen molar-refractivity contribution in [1.82, 2.24) is 4.90 Å². The summed E-state index contributed by atoms with van der Waals surface area (Å²) in [6.45, 7) is 1.90. The topological polar surface area (TPSA) is 133 Å². The van der Waals surface area contributed by atoms with Crippen molar-refractivity contribution < 1.29 is 37.4 Å². The number of methoxy groups -OCH3 is 2. The van der Waals surface area contributed by atoms with Crippen LogP contribution in [-0.2, 0) is 23.8 Å². The molecule has 2 heterocycles. The zero-order valence-electron chi connectivity index (χ0n) is 26.7. The highest BCUT2D eigenvalue weighted by atomic mass is 19.1. The van der Waals surface area contributed by atoms with E-state index in [0.717, 1.165) is 44.9 Å². The molecule has 3 N–H and O–H groups in total. The van der Waals surface area contributed by atoms with E-state index in [4.69, 9.17) is 24.4 Å². The largest absolute Gasteiger partial charge is 0.457 e. The Hall–Kier alpha value is -3.02. The standard InChI is InChI=1S/C34H48FN3O7/c1-20(42-2)19-44-34(41)30-17-24-16-25(10-13-29(24)45-30)37-32(39)31-27(21-8-11-26(43-3)12-9-21)14-15-38(31)33(40)23-6-4-22(5-7-23)28(36)18-35/h10,13,16-17,20-23,26-28,31H,4-9,11-12,14-15,18-19,36H2,1-3H3,(H,37,39)/t20-,21?,22-,23-,26?,27-,28+,31-/m0/s1. The van der Waals surface area contributed by atoms with E-state index in [2.05, 4.69) is 5.32 Å². The molecule has 0 unspecified atom stereocenters. The highest BCUT2D eigenvalue weighted by Gasteiger charge is 2.47. The zero-order valence-corrected chi connectivity index (χ0v) is 26.7. The van der Waals surface area contributed by atoms with Gasteiger partial charge in [0.15, 0.2) is 0 Å². The zero-order chi connectivity index (χ0) is 32.1. The Morgan fingerprint density at radius 3 is 2.44 bits per heavy atom. The molecule has 5 rings (SSSR count). The molecule has 1 aromatic carbocycles. The SMILES string of the molecule is COC1CCC([C@@H]2CCN(C(=O)[C@H]3CC[C@H]([C@H](N)CF)CC3)[C@@H]2C(=O)Nc2ccc3oc(C(=O)OC[C@H](C)OC)cc3c2)CC1. The first-order valence-corrected chi connectivity index (χ1v) is 16.4. The molecule has 0 bridgehead atoms. The Labute approximate surface area is 264 Å². The van der Waals surface area contributed by atoms with E-state index in [1.807, 2.05) is 4.90 Å². The number of hydrogen-bond acceptors (Lipinski definition) is 8. The Kier molecular flexibility index (Phi) is 11.1. The smallest absolute Gasteiger partial charge is 0.374 e. The number of benzene rings is 1. The molecule has 2 aromatic rings. The second-order valence-corrected chi connectivity index (χ2v) is 13.1. The van der Waals surface area contributed by atoms with E-state index in [1.165, 1.54) is 0 Å². The second-order valence-electron chi connectivity index (χ2n) is 13.1. The van der Waals surface area contributed by atoms with Crippen molar-refractivity contribution in [2.45, 2.75) is 89.0 Å². The maximum absolute atomic E-state index is 14.1. The van der Waals surface area contributed by atoms with Gasteiger partial charge in [0.25, 0.3) is 0 Å². The minimum absolute atomic E-state index is 0.0201. The average Bonchev–Trinajstić information content (AvgIpc) is 3.71. The van der Waals surface area contributed by atoms with E-state index in [0.29, 0.717) is 42.0 Å². The molecule has 4 atom stereocenters. The second kappa shape index (κ2) is 15.0. The molecular weight excluding hydrogens is 581 g/mol. The molecule has 2 amide bonds. The van der Waals surface area contributed by atoms with E-state index in [-0.39, 0.29) is 54.1 Å². The number of anilines is 1. The van der Waals surface area contributed by atoms with E-state index in [1.54, 1.807) is 45.4 Å². The fourth-order valence-electron chi connectivity index (χ4n) is 7.57. The number of nitrogens with zero attached hydrogens (tertiary/aromatic N) is 1. The maximum Gasteiger partial charge on any atom is 0.374 e. The number of carbonyl (C=O) groups excluding carboxylic acids is 3. The van der Waals surface area contributed by atoms with Gasteiger partial charge in [0.1, 0.15) is 24.9 Å².